The minimum Gasteiger partial charge on any atom is -0.495 e. The monoisotopic (exact) mass is 314 g/mol. The number of piperidine rings is 1. The Morgan fingerprint density at radius 1 is 1.35 bits per heavy atom. The van der Waals surface area contributed by atoms with E-state index in [9.17, 15) is 4.79 Å². The van der Waals surface area contributed by atoms with Crippen molar-refractivity contribution in [2.75, 3.05) is 25.9 Å². The second kappa shape index (κ2) is 6.36. The first kappa shape index (κ1) is 15.5. The highest BCUT2D eigenvalue weighted by Crippen LogP contribution is 2.30. The summed E-state index contributed by atoms with van der Waals surface area (Å²) in [6.45, 7) is 3.77. The molecule has 0 bridgehead atoms. The maximum absolute atomic E-state index is 12.5. The van der Waals surface area contributed by atoms with E-state index in [4.69, 9.17) is 14.9 Å². The van der Waals surface area contributed by atoms with Crippen LogP contribution in [0.15, 0.2) is 34.7 Å². The number of anilines is 1. The van der Waals surface area contributed by atoms with Gasteiger partial charge in [0.25, 0.3) is 5.91 Å². The third kappa shape index (κ3) is 3.18. The van der Waals surface area contributed by atoms with Crippen molar-refractivity contribution >= 4 is 11.6 Å². The number of nitrogens with two attached hydrogens (primary N) is 1. The molecule has 5 nitrogen and oxygen atoms in total. The Balaban J connectivity index is 1.80. The van der Waals surface area contributed by atoms with Crippen LogP contribution in [0.3, 0.4) is 0 Å². The van der Waals surface area contributed by atoms with Gasteiger partial charge in [0, 0.05) is 18.7 Å². The number of hydrogen-bond donors (Lipinski definition) is 1. The molecule has 1 aliphatic heterocycles. The molecule has 23 heavy (non-hydrogen) atoms. The number of furan rings is 1. The molecular weight excluding hydrogens is 292 g/mol. The Morgan fingerprint density at radius 2 is 2.17 bits per heavy atom. The van der Waals surface area contributed by atoms with Crippen molar-refractivity contribution < 1.29 is 13.9 Å². The highest BCUT2D eigenvalue weighted by molar-refractivity contribution is 5.92. The van der Waals surface area contributed by atoms with Crippen molar-refractivity contribution in [1.29, 1.82) is 0 Å². The number of likely N-dealkylation sites (tertiary alicyclic amines) is 1. The van der Waals surface area contributed by atoms with E-state index in [0.717, 1.165) is 25.1 Å². The zero-order chi connectivity index (χ0) is 16.4. The highest BCUT2D eigenvalue weighted by atomic mass is 16.5. The van der Waals surface area contributed by atoms with Gasteiger partial charge in [0.05, 0.1) is 12.8 Å². The fourth-order valence-electron chi connectivity index (χ4n) is 3.03. The average Bonchev–Trinajstić information content (AvgIpc) is 3.04. The summed E-state index contributed by atoms with van der Waals surface area (Å²) in [4.78, 5) is 14.4. The first-order chi connectivity index (χ1) is 11.1. The lowest BCUT2D eigenvalue weighted by atomic mass is 10.0. The Morgan fingerprint density at radius 3 is 2.87 bits per heavy atom. The summed E-state index contributed by atoms with van der Waals surface area (Å²) in [5.74, 6) is 2.14. The van der Waals surface area contributed by atoms with Crippen LogP contribution in [0.25, 0.3) is 11.3 Å². The van der Waals surface area contributed by atoms with Gasteiger partial charge < -0.3 is 19.8 Å². The van der Waals surface area contributed by atoms with Crippen LogP contribution >= 0.6 is 0 Å². The summed E-state index contributed by atoms with van der Waals surface area (Å²) in [7, 11) is 1.58. The fourth-order valence-corrected chi connectivity index (χ4v) is 3.03. The molecule has 1 aliphatic rings. The van der Waals surface area contributed by atoms with Crippen molar-refractivity contribution in [3.05, 3.63) is 36.1 Å². The number of nitrogens with zero attached hydrogens (tertiary/aromatic N) is 1. The lowest BCUT2D eigenvalue weighted by molar-refractivity contribution is 0.0652. The zero-order valence-corrected chi connectivity index (χ0v) is 13.5. The Labute approximate surface area is 136 Å². The van der Waals surface area contributed by atoms with Crippen LogP contribution in [0, 0.1) is 5.92 Å². The standard InChI is InChI=1S/C18H22N2O3/c1-12-4-3-9-20(11-12)18(21)17-8-7-15(23-17)13-5-6-16(22-2)14(19)10-13/h5-8,10,12H,3-4,9,11,19H2,1-2H3/t12-/m0/s1. The maximum Gasteiger partial charge on any atom is 0.289 e. The molecule has 3 rings (SSSR count). The Hall–Kier alpha value is -2.43. The number of ether oxygens (including phenoxy) is 1. The van der Waals surface area contributed by atoms with Gasteiger partial charge in [0.15, 0.2) is 5.76 Å². The average molecular weight is 314 g/mol. The minimum atomic E-state index is -0.0377. The predicted octanol–water partition coefficient (Wildman–Crippen LogP) is 3.41. The molecule has 2 aromatic rings. The highest BCUT2D eigenvalue weighted by Gasteiger charge is 2.24. The van der Waals surface area contributed by atoms with E-state index in [1.807, 2.05) is 17.0 Å². The summed E-state index contributed by atoms with van der Waals surface area (Å²) in [6.07, 6.45) is 2.23. The molecule has 1 fully saturated rings. The number of nitrogen functional groups attached to an aromatic ring is 1. The second-order valence-electron chi connectivity index (χ2n) is 6.12. The van der Waals surface area contributed by atoms with E-state index >= 15 is 0 Å². The third-order valence-corrected chi connectivity index (χ3v) is 4.28. The molecular formula is C18H22N2O3. The normalized spacial score (nSPS) is 18.0. The van der Waals surface area contributed by atoms with Crippen LogP contribution in [0.5, 0.6) is 5.75 Å². The van der Waals surface area contributed by atoms with Gasteiger partial charge >= 0.3 is 0 Å². The lowest BCUT2D eigenvalue weighted by Crippen LogP contribution is -2.38. The quantitative estimate of drug-likeness (QED) is 0.882. The molecule has 0 spiro atoms. The number of carbonyl (C=O) groups is 1. The van der Waals surface area contributed by atoms with Gasteiger partial charge in [0.1, 0.15) is 11.5 Å². The minimum absolute atomic E-state index is 0.0377. The van der Waals surface area contributed by atoms with Crippen molar-refractivity contribution in [1.82, 2.24) is 4.90 Å². The maximum atomic E-state index is 12.5. The molecule has 2 N–H and O–H groups in total. The third-order valence-electron chi connectivity index (χ3n) is 4.28. The number of amides is 1. The van der Waals surface area contributed by atoms with Crippen molar-refractivity contribution in [2.45, 2.75) is 19.8 Å². The van der Waals surface area contributed by atoms with Gasteiger partial charge in [-0.25, -0.2) is 0 Å². The number of carbonyl (C=O) groups excluding carboxylic acids is 1. The summed E-state index contributed by atoms with van der Waals surface area (Å²) < 4.78 is 10.9. The largest absolute Gasteiger partial charge is 0.495 e. The number of hydrogen-bond acceptors (Lipinski definition) is 4. The smallest absolute Gasteiger partial charge is 0.289 e. The number of benzene rings is 1. The first-order valence-corrected chi connectivity index (χ1v) is 7.91. The van der Waals surface area contributed by atoms with Crippen molar-refractivity contribution in [2.24, 2.45) is 5.92 Å². The summed E-state index contributed by atoms with van der Waals surface area (Å²) >= 11 is 0. The SMILES string of the molecule is COc1ccc(-c2ccc(C(=O)N3CCC[C@H](C)C3)o2)cc1N. The number of rotatable bonds is 3. The van der Waals surface area contributed by atoms with Gasteiger partial charge in [-0.1, -0.05) is 6.92 Å². The van der Waals surface area contributed by atoms with Gasteiger partial charge in [-0.2, -0.15) is 0 Å². The molecule has 0 aliphatic carbocycles. The van der Waals surface area contributed by atoms with Crippen LogP contribution in [0.1, 0.15) is 30.3 Å². The van der Waals surface area contributed by atoms with E-state index in [2.05, 4.69) is 6.92 Å². The molecule has 1 atom stereocenters. The molecule has 1 aromatic carbocycles. The lowest BCUT2D eigenvalue weighted by Gasteiger charge is -2.30. The Kier molecular flexibility index (Phi) is 4.28. The molecule has 1 saturated heterocycles. The van der Waals surface area contributed by atoms with E-state index in [1.165, 1.54) is 6.42 Å². The molecule has 0 radical (unpaired) electrons. The van der Waals surface area contributed by atoms with E-state index in [1.54, 1.807) is 25.3 Å². The number of methoxy groups -OCH3 is 1. The van der Waals surface area contributed by atoms with Crippen LogP contribution in [-0.2, 0) is 0 Å². The summed E-state index contributed by atoms with van der Waals surface area (Å²) in [6, 6.07) is 8.99. The molecule has 5 heteroatoms. The van der Waals surface area contributed by atoms with Crippen molar-refractivity contribution in [3.8, 4) is 17.1 Å². The molecule has 122 valence electrons. The summed E-state index contributed by atoms with van der Waals surface area (Å²) in [5, 5.41) is 0. The Bertz CT molecular complexity index is 708. The second-order valence-corrected chi connectivity index (χ2v) is 6.12. The fraction of sp³-hybridized carbons (Fsp3) is 0.389. The summed E-state index contributed by atoms with van der Waals surface area (Å²) in [5.41, 5.74) is 7.30. The van der Waals surface area contributed by atoms with Gasteiger partial charge in [-0.15, -0.1) is 0 Å². The van der Waals surface area contributed by atoms with Crippen LogP contribution in [0.4, 0.5) is 5.69 Å². The van der Waals surface area contributed by atoms with E-state index < -0.39 is 0 Å². The molecule has 1 amide bonds. The van der Waals surface area contributed by atoms with Crippen molar-refractivity contribution in [3.63, 3.8) is 0 Å². The van der Waals surface area contributed by atoms with Gasteiger partial charge in [-0.05, 0) is 49.1 Å². The molecule has 1 aromatic heterocycles. The van der Waals surface area contributed by atoms with Crippen LogP contribution < -0.4 is 10.5 Å². The zero-order valence-electron chi connectivity index (χ0n) is 13.5. The molecule has 2 heterocycles. The van der Waals surface area contributed by atoms with Crippen LogP contribution in [-0.4, -0.2) is 31.0 Å². The molecule has 0 saturated carbocycles. The van der Waals surface area contributed by atoms with Gasteiger partial charge in [0.2, 0.25) is 0 Å². The first-order valence-electron chi connectivity index (χ1n) is 7.91. The topological polar surface area (TPSA) is 68.7 Å². The van der Waals surface area contributed by atoms with E-state index in [-0.39, 0.29) is 5.91 Å². The predicted molar refractivity (Wildman–Crippen MR) is 89.4 cm³/mol. The van der Waals surface area contributed by atoms with E-state index in [0.29, 0.717) is 28.9 Å². The molecule has 0 unspecified atom stereocenters. The van der Waals surface area contributed by atoms with Crippen LogP contribution in [0.2, 0.25) is 0 Å². The van der Waals surface area contributed by atoms with Gasteiger partial charge in [-0.3, -0.25) is 4.79 Å².